The van der Waals surface area contributed by atoms with E-state index in [1.165, 1.54) is 5.38 Å². The number of halogens is 3. The summed E-state index contributed by atoms with van der Waals surface area (Å²) in [5.74, 6) is -1.43. The zero-order chi connectivity index (χ0) is 14.8. The van der Waals surface area contributed by atoms with E-state index in [0.717, 1.165) is 13.1 Å². The molecule has 19 heavy (non-hydrogen) atoms. The molecule has 0 saturated heterocycles. The van der Waals surface area contributed by atoms with E-state index >= 15 is 0 Å². The molecular weight excluding hydrogens is 307 g/mol. The van der Waals surface area contributed by atoms with E-state index in [1.807, 2.05) is 0 Å². The van der Waals surface area contributed by atoms with E-state index in [2.05, 4.69) is 0 Å². The second-order valence-corrected chi connectivity index (χ2v) is 6.54. The van der Waals surface area contributed by atoms with Crippen LogP contribution < -0.4 is 0 Å². The highest BCUT2D eigenvalue weighted by Gasteiger charge is 2.32. The lowest BCUT2D eigenvalue weighted by Crippen LogP contribution is -2.31. The first-order valence-electron chi connectivity index (χ1n) is 4.89. The van der Waals surface area contributed by atoms with Crippen LogP contribution in [-0.4, -0.2) is 43.6 Å². The normalized spacial score (nSPS) is 12.9. The van der Waals surface area contributed by atoms with Crippen molar-refractivity contribution in [1.29, 1.82) is 0 Å². The molecule has 1 aromatic heterocycles. The van der Waals surface area contributed by atoms with Gasteiger partial charge in [0.1, 0.15) is 9.77 Å². The van der Waals surface area contributed by atoms with E-state index < -0.39 is 44.9 Å². The molecule has 1 rings (SSSR count). The van der Waals surface area contributed by atoms with Crippen molar-refractivity contribution >= 4 is 27.3 Å². The van der Waals surface area contributed by atoms with Gasteiger partial charge < -0.3 is 5.11 Å². The Hall–Kier alpha value is -1.13. The maximum absolute atomic E-state index is 12.0. The van der Waals surface area contributed by atoms with Gasteiger partial charge in [-0.25, -0.2) is 17.5 Å². The Kier molecular flexibility index (Phi) is 4.59. The molecule has 0 atom stereocenters. The molecule has 0 unspecified atom stereocenters. The molecule has 1 aromatic rings. The largest absolute Gasteiger partial charge is 0.477 e. The number of hydrogen-bond acceptors (Lipinski definition) is 4. The van der Waals surface area contributed by atoms with Crippen molar-refractivity contribution in [2.75, 3.05) is 13.6 Å². The standard InChI is InChI=1S/C9H10F3NO4S2/c1-13(4-3-9(10,11)12)19(16,17)6-2-5-18-7(6)8(14)15/h2,5H,3-4H2,1H3,(H,14,15). The molecule has 0 aliphatic rings. The molecule has 0 saturated carbocycles. The molecule has 0 spiro atoms. The summed E-state index contributed by atoms with van der Waals surface area (Å²) >= 11 is 0.698. The summed E-state index contributed by atoms with van der Waals surface area (Å²) < 4.78 is 60.5. The fourth-order valence-electron chi connectivity index (χ4n) is 1.23. The van der Waals surface area contributed by atoms with Crippen molar-refractivity contribution < 1.29 is 31.5 Å². The maximum atomic E-state index is 12.0. The number of carboxylic acids is 1. The van der Waals surface area contributed by atoms with Gasteiger partial charge in [-0.2, -0.15) is 13.2 Å². The van der Waals surface area contributed by atoms with Gasteiger partial charge in [0.25, 0.3) is 0 Å². The molecule has 1 heterocycles. The summed E-state index contributed by atoms with van der Waals surface area (Å²) in [4.78, 5) is 9.91. The van der Waals surface area contributed by atoms with Crippen LogP contribution in [0.25, 0.3) is 0 Å². The first-order chi connectivity index (χ1) is 8.55. The Labute approximate surface area is 111 Å². The van der Waals surface area contributed by atoms with Crippen molar-refractivity contribution in [2.24, 2.45) is 0 Å². The summed E-state index contributed by atoms with van der Waals surface area (Å²) in [5, 5.41) is 10.1. The molecule has 1 N–H and O–H groups in total. The Morgan fingerprint density at radius 2 is 2.05 bits per heavy atom. The monoisotopic (exact) mass is 317 g/mol. The Morgan fingerprint density at radius 1 is 1.47 bits per heavy atom. The first-order valence-corrected chi connectivity index (χ1v) is 7.21. The zero-order valence-corrected chi connectivity index (χ0v) is 11.3. The third kappa shape index (κ3) is 3.91. The van der Waals surface area contributed by atoms with Crippen LogP contribution in [0.2, 0.25) is 0 Å². The third-order valence-electron chi connectivity index (χ3n) is 2.22. The first kappa shape index (κ1) is 15.9. The van der Waals surface area contributed by atoms with Crippen molar-refractivity contribution in [1.82, 2.24) is 4.31 Å². The average molecular weight is 317 g/mol. The molecule has 5 nitrogen and oxygen atoms in total. The Balaban J connectivity index is 2.97. The number of nitrogens with zero attached hydrogens (tertiary/aromatic N) is 1. The summed E-state index contributed by atoms with van der Waals surface area (Å²) in [6.45, 7) is -0.763. The molecule has 0 aliphatic carbocycles. The van der Waals surface area contributed by atoms with Gasteiger partial charge in [0.2, 0.25) is 10.0 Å². The number of carboxylic acid groups (broad SMARTS) is 1. The summed E-state index contributed by atoms with van der Waals surface area (Å²) in [5.41, 5.74) is 0. The average Bonchev–Trinajstić information content (AvgIpc) is 2.74. The lowest BCUT2D eigenvalue weighted by molar-refractivity contribution is -0.135. The molecule has 108 valence electrons. The quantitative estimate of drug-likeness (QED) is 0.901. The number of thiophene rings is 1. The molecule has 0 fully saturated rings. The second-order valence-electron chi connectivity index (χ2n) is 3.61. The number of sulfonamides is 1. The van der Waals surface area contributed by atoms with Crippen LogP contribution in [0, 0.1) is 0 Å². The molecule has 0 aromatic carbocycles. The van der Waals surface area contributed by atoms with Crippen molar-refractivity contribution in [3.8, 4) is 0 Å². The molecule has 0 radical (unpaired) electrons. The van der Waals surface area contributed by atoms with Crippen LogP contribution >= 0.6 is 11.3 Å². The minimum atomic E-state index is -4.48. The van der Waals surface area contributed by atoms with Crippen LogP contribution in [0.4, 0.5) is 13.2 Å². The Bertz CT molecular complexity index is 564. The van der Waals surface area contributed by atoms with E-state index in [0.29, 0.717) is 15.6 Å². The van der Waals surface area contributed by atoms with Gasteiger partial charge >= 0.3 is 12.1 Å². The van der Waals surface area contributed by atoms with Gasteiger partial charge in [-0.15, -0.1) is 11.3 Å². The smallest absolute Gasteiger partial charge is 0.390 e. The van der Waals surface area contributed by atoms with E-state index in [1.54, 1.807) is 0 Å². The topological polar surface area (TPSA) is 74.7 Å². The highest BCUT2D eigenvalue weighted by atomic mass is 32.2. The number of carbonyl (C=O) groups is 1. The van der Waals surface area contributed by atoms with Gasteiger partial charge in [0.05, 0.1) is 6.42 Å². The van der Waals surface area contributed by atoms with Crippen LogP contribution in [-0.2, 0) is 10.0 Å². The summed E-state index contributed by atoms with van der Waals surface area (Å²) in [7, 11) is -3.25. The van der Waals surface area contributed by atoms with E-state index in [-0.39, 0.29) is 0 Å². The van der Waals surface area contributed by atoms with Gasteiger partial charge in [-0.05, 0) is 11.4 Å². The highest BCUT2D eigenvalue weighted by molar-refractivity contribution is 7.89. The summed E-state index contributed by atoms with van der Waals surface area (Å²) in [6.07, 6.45) is -5.77. The number of alkyl halides is 3. The van der Waals surface area contributed by atoms with Crippen molar-refractivity contribution in [2.45, 2.75) is 17.5 Å². The van der Waals surface area contributed by atoms with E-state index in [9.17, 15) is 26.4 Å². The lowest BCUT2D eigenvalue weighted by atomic mass is 10.4. The minimum absolute atomic E-state index is 0.418. The third-order valence-corrected chi connectivity index (χ3v) is 5.15. The van der Waals surface area contributed by atoms with Gasteiger partial charge in [0, 0.05) is 13.6 Å². The fourth-order valence-corrected chi connectivity index (χ4v) is 3.63. The lowest BCUT2D eigenvalue weighted by Gasteiger charge is -2.17. The van der Waals surface area contributed by atoms with E-state index in [4.69, 9.17) is 5.11 Å². The SMILES string of the molecule is CN(CCC(F)(F)F)S(=O)(=O)c1ccsc1C(=O)O. The minimum Gasteiger partial charge on any atom is -0.477 e. The summed E-state index contributed by atoms with van der Waals surface area (Å²) in [6, 6.07) is 1.06. The van der Waals surface area contributed by atoms with Gasteiger partial charge in [-0.1, -0.05) is 0 Å². The highest BCUT2D eigenvalue weighted by Crippen LogP contribution is 2.26. The number of hydrogen-bond donors (Lipinski definition) is 1. The van der Waals surface area contributed by atoms with Crippen molar-refractivity contribution in [3.05, 3.63) is 16.3 Å². The predicted octanol–water partition coefficient (Wildman–Crippen LogP) is 2.02. The Morgan fingerprint density at radius 3 is 2.53 bits per heavy atom. The van der Waals surface area contributed by atoms with Gasteiger partial charge in [-0.3, -0.25) is 0 Å². The molecule has 10 heteroatoms. The number of aromatic carboxylic acids is 1. The molecular formula is C9H10F3NO4S2. The second kappa shape index (κ2) is 5.47. The van der Waals surface area contributed by atoms with Crippen molar-refractivity contribution in [3.63, 3.8) is 0 Å². The molecule has 0 bridgehead atoms. The predicted molar refractivity (Wildman–Crippen MR) is 61.8 cm³/mol. The van der Waals surface area contributed by atoms with Crippen LogP contribution in [0.1, 0.15) is 16.1 Å². The van der Waals surface area contributed by atoms with Crippen LogP contribution in [0.5, 0.6) is 0 Å². The maximum Gasteiger partial charge on any atom is 0.390 e. The van der Waals surface area contributed by atoms with Crippen LogP contribution in [0.15, 0.2) is 16.3 Å². The fraction of sp³-hybridized carbons (Fsp3) is 0.444. The van der Waals surface area contributed by atoms with Crippen LogP contribution in [0.3, 0.4) is 0 Å². The number of rotatable bonds is 5. The zero-order valence-electron chi connectivity index (χ0n) is 9.64. The van der Waals surface area contributed by atoms with Gasteiger partial charge in [0.15, 0.2) is 0 Å². The molecule has 0 aliphatic heterocycles. The molecule has 0 amide bonds.